The lowest BCUT2D eigenvalue weighted by atomic mass is 10.1. The predicted molar refractivity (Wildman–Crippen MR) is 65.4 cm³/mol. The lowest BCUT2D eigenvalue weighted by Crippen LogP contribution is -2.08. The Balaban J connectivity index is 2.75. The van der Waals surface area contributed by atoms with Crippen molar-refractivity contribution in [2.75, 3.05) is 0 Å². The molecule has 0 aliphatic carbocycles. The monoisotopic (exact) mass is 225 g/mol. The van der Waals surface area contributed by atoms with Crippen molar-refractivity contribution in [3.8, 4) is 0 Å². The summed E-state index contributed by atoms with van der Waals surface area (Å²) < 4.78 is 4.37. The molecule has 2 aromatic carbocycles. The van der Waals surface area contributed by atoms with Gasteiger partial charge >= 0.3 is 0 Å². The van der Waals surface area contributed by atoms with E-state index in [1.807, 2.05) is 42.5 Å². The molecule has 77 valence electrons. The first kappa shape index (κ1) is 9.48. The molecule has 1 heterocycles. The van der Waals surface area contributed by atoms with Crippen molar-refractivity contribution in [2.45, 2.75) is 0 Å². The lowest BCUT2D eigenvalue weighted by Gasteiger charge is -1.92. The lowest BCUT2D eigenvalue weighted by molar-refractivity contribution is 1.35. The first-order chi connectivity index (χ1) is 7.86. The molecule has 0 unspecified atom stereocenters. The molecule has 0 saturated heterocycles. The summed E-state index contributed by atoms with van der Waals surface area (Å²) in [5.74, 6) is 0. The zero-order valence-electron chi connectivity index (χ0n) is 8.47. The Morgan fingerprint density at radius 2 is 1.44 bits per heavy atom. The molecule has 1 radical (unpaired) electrons. The van der Waals surface area contributed by atoms with Gasteiger partial charge in [-0.15, -0.1) is 0 Å². The Morgan fingerprint density at radius 1 is 0.812 bits per heavy atom. The third-order valence-corrected chi connectivity index (χ3v) is 3.29. The fraction of sp³-hybridized carbons (Fsp3) is 0. The van der Waals surface area contributed by atoms with E-state index in [9.17, 15) is 0 Å². The number of hydrogen-bond acceptors (Lipinski definition) is 2. The minimum atomic E-state index is 0.506. The van der Waals surface area contributed by atoms with E-state index < -0.39 is 0 Å². The second-order valence-electron chi connectivity index (χ2n) is 3.57. The standard InChI is InChI=1S/C13H9N2S/c14-13-11-7-2-1-5-9(11)10-6-3-4-8-12(10)15-16-13/h1-8,14H. The highest BCUT2D eigenvalue weighted by molar-refractivity contribution is 8.06. The van der Waals surface area contributed by atoms with E-state index in [0.717, 1.165) is 21.0 Å². The van der Waals surface area contributed by atoms with Crippen LogP contribution in [-0.4, -0.2) is 0 Å². The molecule has 3 heteroatoms. The molecule has 0 amide bonds. The molecular weight excluding hydrogens is 216 g/mol. The van der Waals surface area contributed by atoms with Gasteiger partial charge in [-0.1, -0.05) is 42.5 Å². The Kier molecular flexibility index (Phi) is 2.18. The maximum atomic E-state index is 7.96. The van der Waals surface area contributed by atoms with Crippen molar-refractivity contribution in [1.29, 1.82) is 0 Å². The Hall–Kier alpha value is -1.74. The summed E-state index contributed by atoms with van der Waals surface area (Å²) in [6.45, 7) is 0. The summed E-state index contributed by atoms with van der Waals surface area (Å²) in [5, 5.41) is 4.61. The normalized spacial score (nSPS) is 13.4. The number of nitrogens with zero attached hydrogens (tertiary/aromatic N) is 1. The molecule has 0 fully saturated rings. The van der Waals surface area contributed by atoms with Gasteiger partial charge in [-0.05, 0) is 11.3 Å². The minimum absolute atomic E-state index is 0.506. The molecule has 2 nitrogen and oxygen atoms in total. The van der Waals surface area contributed by atoms with Crippen molar-refractivity contribution < 1.29 is 0 Å². The van der Waals surface area contributed by atoms with Gasteiger partial charge in [0.1, 0.15) is 5.03 Å². The quantitative estimate of drug-likeness (QED) is 0.627. The summed E-state index contributed by atoms with van der Waals surface area (Å²) in [7, 11) is 0. The van der Waals surface area contributed by atoms with Crippen LogP contribution in [0.4, 0.5) is 0 Å². The topological polar surface area (TPSA) is 36.2 Å². The average Bonchev–Trinajstić information content (AvgIpc) is 2.49. The van der Waals surface area contributed by atoms with Gasteiger partial charge in [0.05, 0.1) is 5.36 Å². The molecule has 0 saturated carbocycles. The van der Waals surface area contributed by atoms with Gasteiger partial charge in [0, 0.05) is 22.4 Å². The molecule has 3 rings (SSSR count). The Bertz CT molecular complexity index is 750. The van der Waals surface area contributed by atoms with E-state index in [1.165, 1.54) is 11.9 Å². The molecule has 0 spiro atoms. The zero-order chi connectivity index (χ0) is 11.0. The van der Waals surface area contributed by atoms with E-state index in [4.69, 9.17) is 5.73 Å². The Morgan fingerprint density at radius 3 is 2.25 bits per heavy atom. The Labute approximate surface area is 97.0 Å². The summed E-state index contributed by atoms with van der Waals surface area (Å²) in [6, 6.07) is 16.0. The molecule has 1 aliphatic rings. The summed E-state index contributed by atoms with van der Waals surface area (Å²) in [4.78, 5) is 0. The molecule has 0 bridgehead atoms. The first-order valence-corrected chi connectivity index (χ1v) is 5.79. The summed E-state index contributed by atoms with van der Waals surface area (Å²) >= 11 is 1.23. The van der Waals surface area contributed by atoms with Crippen LogP contribution in [0.15, 0.2) is 52.9 Å². The fourth-order valence-corrected chi connectivity index (χ4v) is 2.47. The molecule has 0 aromatic heterocycles. The molecule has 0 atom stereocenters. The van der Waals surface area contributed by atoms with Gasteiger partial charge in [-0.25, -0.2) is 4.40 Å². The van der Waals surface area contributed by atoms with Crippen LogP contribution >= 0.6 is 11.9 Å². The molecule has 16 heavy (non-hydrogen) atoms. The number of nitrogens with one attached hydrogen (secondary N) is 1. The second kappa shape index (κ2) is 3.68. The van der Waals surface area contributed by atoms with Crippen LogP contribution in [0.25, 0.3) is 5.03 Å². The largest absolute Gasteiger partial charge is 0.292 e. The van der Waals surface area contributed by atoms with Crippen molar-refractivity contribution in [3.05, 3.63) is 69.5 Å². The zero-order valence-corrected chi connectivity index (χ0v) is 9.29. The predicted octanol–water partition coefficient (Wildman–Crippen LogP) is 1.60. The van der Waals surface area contributed by atoms with Gasteiger partial charge in [-0.2, -0.15) is 0 Å². The van der Waals surface area contributed by atoms with Crippen molar-refractivity contribution in [3.63, 3.8) is 0 Å². The SMILES string of the molecule is [NH]C1=c2ccccc2=c2ccccc2=NS1. The van der Waals surface area contributed by atoms with Gasteiger partial charge in [-0.3, -0.25) is 5.73 Å². The van der Waals surface area contributed by atoms with Gasteiger partial charge < -0.3 is 0 Å². The number of benzene rings is 2. The highest BCUT2D eigenvalue weighted by Crippen LogP contribution is 2.12. The maximum absolute atomic E-state index is 7.96. The smallest absolute Gasteiger partial charge is 0.118 e. The van der Waals surface area contributed by atoms with Crippen LogP contribution < -0.4 is 16.3 Å². The van der Waals surface area contributed by atoms with E-state index in [2.05, 4.69) is 10.5 Å². The van der Waals surface area contributed by atoms with E-state index in [0.29, 0.717) is 5.03 Å². The number of hydrogen-bond donors (Lipinski definition) is 0. The third-order valence-electron chi connectivity index (χ3n) is 2.60. The second-order valence-corrected chi connectivity index (χ2v) is 4.35. The van der Waals surface area contributed by atoms with E-state index in [-0.39, 0.29) is 0 Å². The van der Waals surface area contributed by atoms with Crippen LogP contribution in [0, 0.1) is 10.4 Å². The number of fused-ring (bicyclic) bond motifs is 2. The summed E-state index contributed by atoms with van der Waals surface area (Å²) in [6.07, 6.45) is 0. The van der Waals surface area contributed by atoms with Crippen LogP contribution in [0.3, 0.4) is 0 Å². The average molecular weight is 225 g/mol. The first-order valence-electron chi connectivity index (χ1n) is 5.02. The van der Waals surface area contributed by atoms with E-state index in [1.54, 1.807) is 0 Å². The fourth-order valence-electron chi connectivity index (χ4n) is 1.84. The van der Waals surface area contributed by atoms with Gasteiger partial charge in [0.25, 0.3) is 0 Å². The van der Waals surface area contributed by atoms with Crippen LogP contribution in [-0.2, 0) is 0 Å². The minimum Gasteiger partial charge on any atom is -0.292 e. The molecule has 1 N–H and O–H groups in total. The van der Waals surface area contributed by atoms with Crippen LogP contribution in [0.5, 0.6) is 0 Å². The van der Waals surface area contributed by atoms with E-state index >= 15 is 0 Å². The molecular formula is C13H9N2S. The highest BCUT2D eigenvalue weighted by Gasteiger charge is 2.00. The summed E-state index contributed by atoms with van der Waals surface area (Å²) in [5.41, 5.74) is 7.96. The van der Waals surface area contributed by atoms with Crippen molar-refractivity contribution in [2.24, 2.45) is 4.40 Å². The van der Waals surface area contributed by atoms with Crippen LogP contribution in [0.2, 0.25) is 0 Å². The maximum Gasteiger partial charge on any atom is 0.118 e. The van der Waals surface area contributed by atoms with Crippen molar-refractivity contribution >= 4 is 17.0 Å². The number of rotatable bonds is 0. The molecule has 2 aromatic rings. The van der Waals surface area contributed by atoms with Crippen LogP contribution in [0.1, 0.15) is 0 Å². The van der Waals surface area contributed by atoms with Gasteiger partial charge in [0.15, 0.2) is 0 Å². The van der Waals surface area contributed by atoms with Gasteiger partial charge in [0.2, 0.25) is 0 Å². The highest BCUT2D eigenvalue weighted by atomic mass is 32.2. The third kappa shape index (κ3) is 1.41. The van der Waals surface area contributed by atoms with Crippen molar-refractivity contribution in [1.82, 2.24) is 5.73 Å². The molecule has 1 aliphatic heterocycles.